The van der Waals surface area contributed by atoms with Crippen molar-refractivity contribution in [2.24, 2.45) is 5.73 Å². The Morgan fingerprint density at radius 3 is 2.73 bits per heavy atom. The Labute approximate surface area is 92.4 Å². The lowest BCUT2D eigenvalue weighted by molar-refractivity contribution is 0.305. The van der Waals surface area contributed by atoms with Gasteiger partial charge in [0.1, 0.15) is 5.75 Å². The van der Waals surface area contributed by atoms with E-state index in [4.69, 9.17) is 10.5 Å². The number of benzene rings is 1. The third-order valence-electron chi connectivity index (χ3n) is 2.56. The van der Waals surface area contributed by atoms with E-state index < -0.39 is 0 Å². The van der Waals surface area contributed by atoms with Crippen molar-refractivity contribution >= 4 is 0 Å². The van der Waals surface area contributed by atoms with Crippen LogP contribution in [0.25, 0.3) is 0 Å². The zero-order chi connectivity index (χ0) is 11.1. The summed E-state index contributed by atoms with van der Waals surface area (Å²) in [6.07, 6.45) is 2.26. The third-order valence-corrected chi connectivity index (χ3v) is 2.56. The Hall–Kier alpha value is -1.02. The van der Waals surface area contributed by atoms with Gasteiger partial charge in [-0.3, -0.25) is 0 Å². The van der Waals surface area contributed by atoms with Crippen molar-refractivity contribution in [2.75, 3.05) is 13.2 Å². The maximum atomic E-state index is 5.74. The highest BCUT2D eigenvalue weighted by molar-refractivity contribution is 5.36. The number of nitrogens with two attached hydrogens (primary N) is 1. The molecule has 0 saturated heterocycles. The predicted octanol–water partition coefficient (Wildman–Crippen LogP) is 2.93. The van der Waals surface area contributed by atoms with E-state index in [1.54, 1.807) is 0 Å². The van der Waals surface area contributed by atoms with Gasteiger partial charge >= 0.3 is 0 Å². The van der Waals surface area contributed by atoms with Crippen LogP contribution in [-0.4, -0.2) is 13.2 Å². The molecule has 0 radical (unpaired) electrons. The normalized spacial score (nSPS) is 12.5. The molecule has 1 unspecified atom stereocenters. The van der Waals surface area contributed by atoms with Crippen molar-refractivity contribution in [2.45, 2.75) is 32.6 Å². The van der Waals surface area contributed by atoms with Crippen LogP contribution in [0.15, 0.2) is 24.3 Å². The van der Waals surface area contributed by atoms with Gasteiger partial charge in [0.25, 0.3) is 0 Å². The van der Waals surface area contributed by atoms with Gasteiger partial charge < -0.3 is 10.5 Å². The van der Waals surface area contributed by atoms with Gasteiger partial charge in [-0.1, -0.05) is 38.5 Å². The Bertz CT molecular complexity index is 286. The average molecular weight is 207 g/mol. The van der Waals surface area contributed by atoms with E-state index >= 15 is 0 Å². The molecule has 0 spiro atoms. The molecule has 15 heavy (non-hydrogen) atoms. The van der Waals surface area contributed by atoms with Crippen molar-refractivity contribution in [3.63, 3.8) is 0 Å². The molecule has 2 heteroatoms. The predicted molar refractivity (Wildman–Crippen MR) is 64.3 cm³/mol. The van der Waals surface area contributed by atoms with Gasteiger partial charge in [-0.15, -0.1) is 0 Å². The first-order valence-corrected chi connectivity index (χ1v) is 5.71. The second kappa shape index (κ2) is 6.46. The van der Waals surface area contributed by atoms with Gasteiger partial charge in [-0.25, -0.2) is 0 Å². The summed E-state index contributed by atoms with van der Waals surface area (Å²) in [5.41, 5.74) is 6.89. The standard InChI is InChI=1S/C13H21NO/c1-3-4-9-15-13-8-6-5-7-12(13)11(2)10-14/h5-8,11H,3-4,9-10,14H2,1-2H3. The molecule has 0 fully saturated rings. The van der Waals surface area contributed by atoms with Crippen molar-refractivity contribution in [1.29, 1.82) is 0 Å². The summed E-state index contributed by atoms with van der Waals surface area (Å²) in [6, 6.07) is 8.16. The molecule has 0 heterocycles. The number of rotatable bonds is 6. The Morgan fingerprint density at radius 2 is 2.07 bits per heavy atom. The van der Waals surface area contributed by atoms with E-state index in [-0.39, 0.29) is 0 Å². The molecule has 1 rings (SSSR count). The van der Waals surface area contributed by atoms with E-state index in [0.717, 1.165) is 25.2 Å². The van der Waals surface area contributed by atoms with Crippen LogP contribution >= 0.6 is 0 Å². The molecule has 0 amide bonds. The van der Waals surface area contributed by atoms with Crippen LogP contribution in [0.2, 0.25) is 0 Å². The van der Waals surface area contributed by atoms with E-state index in [0.29, 0.717) is 12.5 Å². The summed E-state index contributed by atoms with van der Waals surface area (Å²) in [5, 5.41) is 0. The van der Waals surface area contributed by atoms with Crippen molar-refractivity contribution in [3.8, 4) is 5.75 Å². The van der Waals surface area contributed by atoms with E-state index in [1.165, 1.54) is 5.56 Å². The van der Waals surface area contributed by atoms with E-state index in [9.17, 15) is 0 Å². The molecule has 0 saturated carbocycles. The van der Waals surface area contributed by atoms with Crippen molar-refractivity contribution < 1.29 is 4.74 Å². The largest absolute Gasteiger partial charge is 0.493 e. The lowest BCUT2D eigenvalue weighted by Gasteiger charge is -2.15. The van der Waals surface area contributed by atoms with E-state index in [1.807, 2.05) is 18.2 Å². The highest BCUT2D eigenvalue weighted by Crippen LogP contribution is 2.25. The number of ether oxygens (including phenoxy) is 1. The van der Waals surface area contributed by atoms with Crippen molar-refractivity contribution in [3.05, 3.63) is 29.8 Å². The first-order valence-electron chi connectivity index (χ1n) is 5.71. The monoisotopic (exact) mass is 207 g/mol. The summed E-state index contributed by atoms with van der Waals surface area (Å²) in [5.74, 6) is 1.35. The number of unbranched alkanes of at least 4 members (excludes halogenated alkanes) is 1. The summed E-state index contributed by atoms with van der Waals surface area (Å²) in [4.78, 5) is 0. The van der Waals surface area contributed by atoms with Gasteiger partial charge in [-0.05, 0) is 30.5 Å². The fourth-order valence-corrected chi connectivity index (χ4v) is 1.47. The molecular formula is C13H21NO. The molecule has 2 nitrogen and oxygen atoms in total. The maximum absolute atomic E-state index is 5.74. The quantitative estimate of drug-likeness (QED) is 0.728. The average Bonchev–Trinajstić information content (AvgIpc) is 2.29. The van der Waals surface area contributed by atoms with Crippen LogP contribution in [0.4, 0.5) is 0 Å². The number of hydrogen-bond acceptors (Lipinski definition) is 2. The summed E-state index contributed by atoms with van der Waals surface area (Å²) in [7, 11) is 0. The maximum Gasteiger partial charge on any atom is 0.122 e. The minimum Gasteiger partial charge on any atom is -0.493 e. The van der Waals surface area contributed by atoms with Crippen LogP contribution in [0.5, 0.6) is 5.75 Å². The first-order chi connectivity index (χ1) is 7.29. The van der Waals surface area contributed by atoms with Crippen LogP contribution in [0.1, 0.15) is 38.2 Å². The highest BCUT2D eigenvalue weighted by Gasteiger charge is 2.08. The molecule has 1 aromatic rings. The second-order valence-corrected chi connectivity index (χ2v) is 3.88. The zero-order valence-corrected chi connectivity index (χ0v) is 9.70. The van der Waals surface area contributed by atoms with Gasteiger partial charge in [0.2, 0.25) is 0 Å². The molecule has 2 N–H and O–H groups in total. The molecule has 0 aliphatic rings. The van der Waals surface area contributed by atoms with Gasteiger partial charge in [0, 0.05) is 0 Å². The van der Waals surface area contributed by atoms with Gasteiger partial charge in [0.15, 0.2) is 0 Å². The Kier molecular flexibility index (Phi) is 5.19. The minimum atomic E-state index is 0.364. The summed E-state index contributed by atoms with van der Waals surface area (Å²) < 4.78 is 5.74. The Morgan fingerprint density at radius 1 is 1.33 bits per heavy atom. The lowest BCUT2D eigenvalue weighted by atomic mass is 10.0. The molecule has 0 aliphatic heterocycles. The number of hydrogen-bond donors (Lipinski definition) is 1. The lowest BCUT2D eigenvalue weighted by Crippen LogP contribution is -2.10. The van der Waals surface area contributed by atoms with Crippen LogP contribution in [0, 0.1) is 0 Å². The Balaban J connectivity index is 2.68. The fourth-order valence-electron chi connectivity index (χ4n) is 1.47. The van der Waals surface area contributed by atoms with Crippen molar-refractivity contribution in [1.82, 2.24) is 0 Å². The second-order valence-electron chi connectivity index (χ2n) is 3.88. The van der Waals surface area contributed by atoms with Crippen LogP contribution in [0.3, 0.4) is 0 Å². The van der Waals surface area contributed by atoms with Crippen LogP contribution < -0.4 is 10.5 Å². The smallest absolute Gasteiger partial charge is 0.122 e. The molecule has 0 aromatic heterocycles. The zero-order valence-electron chi connectivity index (χ0n) is 9.70. The minimum absolute atomic E-state index is 0.364. The summed E-state index contributed by atoms with van der Waals surface area (Å²) in [6.45, 7) is 5.75. The third kappa shape index (κ3) is 3.56. The van der Waals surface area contributed by atoms with Gasteiger partial charge in [-0.2, -0.15) is 0 Å². The molecular weight excluding hydrogens is 186 g/mol. The van der Waals surface area contributed by atoms with Crippen LogP contribution in [-0.2, 0) is 0 Å². The fraction of sp³-hybridized carbons (Fsp3) is 0.538. The molecule has 0 aliphatic carbocycles. The van der Waals surface area contributed by atoms with Gasteiger partial charge in [0.05, 0.1) is 6.61 Å². The topological polar surface area (TPSA) is 35.2 Å². The molecule has 1 atom stereocenters. The first kappa shape index (κ1) is 12.1. The molecule has 1 aromatic carbocycles. The molecule has 84 valence electrons. The highest BCUT2D eigenvalue weighted by atomic mass is 16.5. The van der Waals surface area contributed by atoms with E-state index in [2.05, 4.69) is 19.9 Å². The SMILES string of the molecule is CCCCOc1ccccc1C(C)CN. The summed E-state index contributed by atoms with van der Waals surface area (Å²) >= 11 is 0. The number of para-hydroxylation sites is 1. The molecule has 0 bridgehead atoms.